The summed E-state index contributed by atoms with van der Waals surface area (Å²) in [6.45, 7) is 0. The summed E-state index contributed by atoms with van der Waals surface area (Å²) in [5, 5.41) is 0. The van der Waals surface area contributed by atoms with Crippen LogP contribution < -0.4 is 0 Å². The van der Waals surface area contributed by atoms with Crippen LogP contribution >= 0.6 is 23.5 Å². The number of amides is 2. The fourth-order valence-corrected chi connectivity index (χ4v) is 3.17. The highest BCUT2D eigenvalue weighted by molar-refractivity contribution is 8.07. The van der Waals surface area contributed by atoms with E-state index in [9.17, 15) is 9.59 Å². The van der Waals surface area contributed by atoms with Crippen molar-refractivity contribution < 1.29 is 9.59 Å². The van der Waals surface area contributed by atoms with E-state index in [1.165, 1.54) is 5.54 Å². The zero-order valence-corrected chi connectivity index (χ0v) is 12.4. The molecule has 0 aliphatic carbocycles. The van der Waals surface area contributed by atoms with Gasteiger partial charge in [-0.3, -0.25) is 9.59 Å². The van der Waals surface area contributed by atoms with Crippen LogP contribution in [0, 0.1) is 0 Å². The topological polar surface area (TPSA) is 37.4 Å². The fraction of sp³-hybridized carbons (Fsp3) is 0. The number of carbonyl (C=O) groups excluding carboxylic acids is 2. The minimum absolute atomic E-state index is 0.312. The Morgan fingerprint density at radius 1 is 0.905 bits per heavy atom. The molecule has 1 aliphatic heterocycles. The Morgan fingerprint density at radius 3 is 1.95 bits per heavy atom. The van der Waals surface area contributed by atoms with Crippen LogP contribution in [0.3, 0.4) is 0 Å². The van der Waals surface area contributed by atoms with Crippen molar-refractivity contribution in [3.05, 3.63) is 76.8 Å². The molecule has 0 saturated carbocycles. The van der Waals surface area contributed by atoms with E-state index in [-0.39, 0.29) is 11.8 Å². The smallest absolute Gasteiger partial charge is 0.268 e. The van der Waals surface area contributed by atoms with Crippen LogP contribution in [0.25, 0.3) is 4.91 Å². The third-order valence-electron chi connectivity index (χ3n) is 3.10. The van der Waals surface area contributed by atoms with Gasteiger partial charge in [0.05, 0.1) is 11.1 Å². The second-order valence-electron chi connectivity index (χ2n) is 4.38. The highest BCUT2D eigenvalue weighted by Crippen LogP contribution is 2.36. The molecule has 1 aliphatic rings. The van der Waals surface area contributed by atoms with Crippen molar-refractivity contribution in [3.8, 4) is 0 Å². The van der Waals surface area contributed by atoms with Gasteiger partial charge in [-0.2, -0.15) is 0 Å². The van der Waals surface area contributed by atoms with Crippen molar-refractivity contribution in [2.24, 2.45) is 0 Å². The molecule has 1 heterocycles. The van der Waals surface area contributed by atoms with Crippen molar-refractivity contribution in [2.45, 2.75) is 0 Å². The quantitative estimate of drug-likeness (QED) is 0.630. The Kier molecular flexibility index (Phi) is 3.82. The minimum Gasteiger partial charge on any atom is -0.268 e. The summed E-state index contributed by atoms with van der Waals surface area (Å²) >= 11 is 6.90. The summed E-state index contributed by atoms with van der Waals surface area (Å²) in [4.78, 5) is 25.3. The summed E-state index contributed by atoms with van der Waals surface area (Å²) in [6, 6.07) is 16.2. The van der Waals surface area contributed by atoms with Crippen LogP contribution in [0.5, 0.6) is 0 Å². The van der Waals surface area contributed by atoms with Gasteiger partial charge in [0.15, 0.2) is 0 Å². The maximum Gasteiger partial charge on any atom is 0.272 e. The van der Waals surface area contributed by atoms with E-state index in [2.05, 4.69) is 0 Å². The minimum atomic E-state index is -0.312. The molecule has 0 fully saturated rings. The summed E-state index contributed by atoms with van der Waals surface area (Å²) in [5.74, 6) is -0.625. The standard InChI is InChI=1S/C16H10ClNO2S/c17-10-14(11-6-2-1-3-7-11)21-18-15(19)12-8-4-5-9-13(12)16(18)20/h1-10H/b14-10+. The number of imide groups is 1. The number of carbonyl (C=O) groups is 2. The van der Waals surface area contributed by atoms with Gasteiger partial charge < -0.3 is 0 Å². The summed E-state index contributed by atoms with van der Waals surface area (Å²) in [5.41, 5.74) is 3.09. The lowest BCUT2D eigenvalue weighted by molar-refractivity contribution is 0.0778. The number of halogens is 1. The monoisotopic (exact) mass is 315 g/mol. The highest BCUT2D eigenvalue weighted by atomic mass is 35.5. The van der Waals surface area contributed by atoms with Crippen LogP contribution in [-0.4, -0.2) is 16.1 Å². The molecule has 0 spiro atoms. The van der Waals surface area contributed by atoms with Gasteiger partial charge in [0.25, 0.3) is 11.8 Å². The molecule has 5 heteroatoms. The number of fused-ring (bicyclic) bond motifs is 1. The van der Waals surface area contributed by atoms with Crippen LogP contribution in [-0.2, 0) is 0 Å². The molecule has 21 heavy (non-hydrogen) atoms. The molecule has 2 aromatic rings. The molecular formula is C16H10ClNO2S. The third kappa shape index (κ3) is 2.48. The molecule has 3 rings (SSSR count). The first-order valence-electron chi connectivity index (χ1n) is 6.24. The predicted octanol–water partition coefficient (Wildman–Crippen LogP) is 4.17. The number of benzene rings is 2. The molecule has 0 atom stereocenters. The van der Waals surface area contributed by atoms with Gasteiger partial charge in [0.2, 0.25) is 0 Å². The predicted molar refractivity (Wildman–Crippen MR) is 84.8 cm³/mol. The largest absolute Gasteiger partial charge is 0.272 e. The Hall–Kier alpha value is -2.04. The fourth-order valence-electron chi connectivity index (χ4n) is 2.09. The van der Waals surface area contributed by atoms with Crippen molar-refractivity contribution in [1.29, 1.82) is 0 Å². The van der Waals surface area contributed by atoms with Crippen molar-refractivity contribution in [1.82, 2.24) is 4.31 Å². The van der Waals surface area contributed by atoms with Gasteiger partial charge in [0, 0.05) is 10.4 Å². The molecule has 0 aromatic heterocycles. The van der Waals surface area contributed by atoms with E-state index in [0.717, 1.165) is 21.8 Å². The van der Waals surface area contributed by atoms with E-state index in [4.69, 9.17) is 11.6 Å². The van der Waals surface area contributed by atoms with E-state index >= 15 is 0 Å². The van der Waals surface area contributed by atoms with Crippen LogP contribution in [0.15, 0.2) is 60.1 Å². The number of nitrogens with zero attached hydrogens (tertiary/aromatic N) is 1. The van der Waals surface area contributed by atoms with Gasteiger partial charge in [-0.1, -0.05) is 54.1 Å². The molecule has 0 bridgehead atoms. The molecular weight excluding hydrogens is 306 g/mol. The molecule has 104 valence electrons. The lowest BCUT2D eigenvalue weighted by atomic mass is 10.1. The van der Waals surface area contributed by atoms with Crippen molar-refractivity contribution in [2.75, 3.05) is 0 Å². The first-order valence-corrected chi connectivity index (χ1v) is 7.45. The van der Waals surface area contributed by atoms with Crippen LogP contribution in [0.1, 0.15) is 26.3 Å². The van der Waals surface area contributed by atoms with E-state index in [0.29, 0.717) is 16.0 Å². The first-order chi connectivity index (χ1) is 10.2. The van der Waals surface area contributed by atoms with E-state index < -0.39 is 0 Å². The molecule has 0 radical (unpaired) electrons. The summed E-state index contributed by atoms with van der Waals surface area (Å²) < 4.78 is 1.14. The number of hydrogen-bond acceptors (Lipinski definition) is 3. The zero-order chi connectivity index (χ0) is 14.8. The number of hydrogen-bond donors (Lipinski definition) is 0. The van der Waals surface area contributed by atoms with Crippen LogP contribution in [0.4, 0.5) is 0 Å². The average molecular weight is 316 g/mol. The second kappa shape index (κ2) is 5.76. The second-order valence-corrected chi connectivity index (χ2v) is 5.59. The molecule has 0 saturated heterocycles. The normalized spacial score (nSPS) is 14.5. The lowest BCUT2D eigenvalue weighted by Gasteiger charge is -2.14. The summed E-state index contributed by atoms with van der Waals surface area (Å²) in [6.07, 6.45) is 0. The molecule has 2 amide bonds. The van der Waals surface area contributed by atoms with Crippen LogP contribution in [0.2, 0.25) is 0 Å². The maximum absolute atomic E-state index is 12.3. The molecule has 0 unspecified atom stereocenters. The highest BCUT2D eigenvalue weighted by Gasteiger charge is 2.36. The van der Waals surface area contributed by atoms with Gasteiger partial charge in [0.1, 0.15) is 0 Å². The maximum atomic E-state index is 12.3. The van der Waals surface area contributed by atoms with Gasteiger partial charge in [-0.05, 0) is 29.6 Å². The van der Waals surface area contributed by atoms with Gasteiger partial charge in [-0.25, -0.2) is 4.31 Å². The first kappa shape index (κ1) is 13.9. The van der Waals surface area contributed by atoms with Gasteiger partial charge >= 0.3 is 0 Å². The third-order valence-corrected chi connectivity index (χ3v) is 4.52. The van der Waals surface area contributed by atoms with Gasteiger partial charge in [-0.15, -0.1) is 0 Å². The Morgan fingerprint density at radius 2 is 1.43 bits per heavy atom. The average Bonchev–Trinajstić information content (AvgIpc) is 2.78. The Balaban J connectivity index is 1.90. The van der Waals surface area contributed by atoms with E-state index in [1.807, 2.05) is 30.3 Å². The van der Waals surface area contributed by atoms with E-state index in [1.54, 1.807) is 24.3 Å². The number of rotatable bonds is 3. The summed E-state index contributed by atoms with van der Waals surface area (Å²) in [7, 11) is 0. The zero-order valence-electron chi connectivity index (χ0n) is 10.8. The molecule has 3 nitrogen and oxygen atoms in total. The Labute approximate surface area is 131 Å². The molecule has 2 aromatic carbocycles. The SMILES string of the molecule is O=C1c2ccccc2C(=O)N1S/C(=C/Cl)c1ccccc1. The van der Waals surface area contributed by atoms with Crippen molar-refractivity contribution >= 4 is 40.3 Å². The lowest BCUT2D eigenvalue weighted by Crippen LogP contribution is -2.22. The molecule has 0 N–H and O–H groups in total. The Bertz CT molecular complexity index is 708. The van der Waals surface area contributed by atoms with Crippen molar-refractivity contribution in [3.63, 3.8) is 0 Å².